The van der Waals surface area contributed by atoms with Gasteiger partial charge < -0.3 is 10.4 Å². The number of rotatable bonds is 4. The number of aliphatic hydroxyl groups excluding tert-OH is 1. The molecule has 1 aromatic rings. The molecular weight excluding hydrogens is 220 g/mol. The van der Waals surface area contributed by atoms with Crippen molar-refractivity contribution in [3.63, 3.8) is 0 Å². The Hall–Kier alpha value is -0.450. The first kappa shape index (κ1) is 12.0. The minimum Gasteiger partial charge on any atom is -0.396 e. The van der Waals surface area contributed by atoms with E-state index in [1.807, 2.05) is 6.92 Å². The summed E-state index contributed by atoms with van der Waals surface area (Å²) in [6, 6.07) is 0.473. The summed E-state index contributed by atoms with van der Waals surface area (Å²) >= 11 is 1.70. The quantitative estimate of drug-likeness (QED) is 0.847. The lowest BCUT2D eigenvalue weighted by atomic mass is 9.85. The molecule has 1 aliphatic rings. The second kappa shape index (κ2) is 5.75. The van der Waals surface area contributed by atoms with Crippen molar-refractivity contribution in [1.29, 1.82) is 0 Å². The maximum Gasteiger partial charge on any atom is 0.0897 e. The fourth-order valence-electron chi connectivity index (χ4n) is 2.42. The molecule has 1 saturated carbocycles. The largest absolute Gasteiger partial charge is 0.396 e. The standard InChI is InChI=1S/C12H20N2OS/c1-9-14-11(8-16-9)6-13-12-5-3-2-4-10(12)7-15/h8,10,12-13,15H,2-7H2,1H3. The van der Waals surface area contributed by atoms with Gasteiger partial charge in [-0.05, 0) is 25.7 Å². The van der Waals surface area contributed by atoms with Gasteiger partial charge in [0.2, 0.25) is 0 Å². The van der Waals surface area contributed by atoms with E-state index in [1.54, 1.807) is 11.3 Å². The van der Waals surface area contributed by atoms with Crippen LogP contribution in [0.2, 0.25) is 0 Å². The van der Waals surface area contributed by atoms with E-state index in [0.29, 0.717) is 18.6 Å². The van der Waals surface area contributed by atoms with Crippen molar-refractivity contribution in [2.45, 2.75) is 45.2 Å². The van der Waals surface area contributed by atoms with Crippen molar-refractivity contribution in [3.05, 3.63) is 16.1 Å². The molecule has 1 aliphatic carbocycles. The lowest BCUT2D eigenvalue weighted by Gasteiger charge is -2.30. The summed E-state index contributed by atoms with van der Waals surface area (Å²) in [4.78, 5) is 4.44. The predicted molar refractivity (Wildman–Crippen MR) is 66.5 cm³/mol. The fraction of sp³-hybridized carbons (Fsp3) is 0.750. The summed E-state index contributed by atoms with van der Waals surface area (Å²) < 4.78 is 0. The molecule has 2 unspecified atom stereocenters. The maximum atomic E-state index is 9.31. The van der Waals surface area contributed by atoms with Crippen molar-refractivity contribution >= 4 is 11.3 Å². The SMILES string of the molecule is Cc1nc(CNC2CCCCC2CO)cs1. The van der Waals surface area contributed by atoms with Crippen LogP contribution in [0.1, 0.15) is 36.4 Å². The number of thiazole rings is 1. The van der Waals surface area contributed by atoms with Crippen molar-refractivity contribution in [3.8, 4) is 0 Å². The molecule has 2 N–H and O–H groups in total. The molecule has 1 aromatic heterocycles. The Labute approximate surface area is 101 Å². The van der Waals surface area contributed by atoms with E-state index in [2.05, 4.69) is 15.7 Å². The molecule has 1 heterocycles. The van der Waals surface area contributed by atoms with E-state index in [0.717, 1.165) is 23.7 Å². The topological polar surface area (TPSA) is 45.2 Å². The van der Waals surface area contributed by atoms with E-state index in [1.165, 1.54) is 19.3 Å². The Bertz CT molecular complexity index is 327. The zero-order valence-electron chi connectivity index (χ0n) is 9.78. The Kier molecular flexibility index (Phi) is 4.32. The van der Waals surface area contributed by atoms with Crippen LogP contribution < -0.4 is 5.32 Å². The summed E-state index contributed by atoms with van der Waals surface area (Å²) in [6.45, 7) is 3.19. The maximum absolute atomic E-state index is 9.31. The Morgan fingerprint density at radius 3 is 3.00 bits per heavy atom. The van der Waals surface area contributed by atoms with Gasteiger partial charge in [-0.15, -0.1) is 11.3 Å². The summed E-state index contributed by atoms with van der Waals surface area (Å²) in [5.41, 5.74) is 1.13. The second-order valence-electron chi connectivity index (χ2n) is 4.57. The highest BCUT2D eigenvalue weighted by atomic mass is 32.1. The van der Waals surface area contributed by atoms with Crippen LogP contribution in [0.4, 0.5) is 0 Å². The zero-order chi connectivity index (χ0) is 11.4. The summed E-state index contributed by atoms with van der Waals surface area (Å²) in [7, 11) is 0. The number of aliphatic hydroxyl groups is 1. The number of aryl methyl sites for hydroxylation is 1. The van der Waals surface area contributed by atoms with Crippen LogP contribution in [0.3, 0.4) is 0 Å². The normalized spacial score (nSPS) is 25.9. The fourth-order valence-corrected chi connectivity index (χ4v) is 3.03. The van der Waals surface area contributed by atoms with Gasteiger partial charge in [-0.2, -0.15) is 0 Å². The van der Waals surface area contributed by atoms with Crippen LogP contribution in [-0.2, 0) is 6.54 Å². The Morgan fingerprint density at radius 1 is 1.50 bits per heavy atom. The van der Waals surface area contributed by atoms with Gasteiger partial charge in [-0.25, -0.2) is 4.98 Å². The average molecular weight is 240 g/mol. The minimum absolute atomic E-state index is 0.313. The third kappa shape index (κ3) is 3.03. The van der Waals surface area contributed by atoms with E-state index in [9.17, 15) is 5.11 Å². The van der Waals surface area contributed by atoms with Crippen molar-refractivity contribution in [1.82, 2.24) is 10.3 Å². The van der Waals surface area contributed by atoms with Gasteiger partial charge >= 0.3 is 0 Å². The first-order valence-corrected chi connectivity index (χ1v) is 6.93. The highest BCUT2D eigenvalue weighted by Crippen LogP contribution is 2.24. The summed E-state index contributed by atoms with van der Waals surface area (Å²) in [5, 5.41) is 16.1. The molecule has 1 fully saturated rings. The third-order valence-corrected chi connectivity index (χ3v) is 4.18. The Morgan fingerprint density at radius 2 is 2.31 bits per heavy atom. The third-order valence-electron chi connectivity index (χ3n) is 3.36. The number of hydrogen-bond acceptors (Lipinski definition) is 4. The molecule has 0 amide bonds. The average Bonchev–Trinajstić information content (AvgIpc) is 2.73. The monoisotopic (exact) mass is 240 g/mol. The number of hydrogen-bond donors (Lipinski definition) is 2. The van der Waals surface area contributed by atoms with Crippen molar-refractivity contribution in [2.75, 3.05) is 6.61 Å². The molecule has 0 bridgehead atoms. The molecule has 4 heteroatoms. The van der Waals surface area contributed by atoms with Crippen LogP contribution in [-0.4, -0.2) is 22.7 Å². The molecule has 0 spiro atoms. The minimum atomic E-state index is 0.313. The van der Waals surface area contributed by atoms with Gasteiger partial charge in [0.15, 0.2) is 0 Å². The molecule has 2 atom stereocenters. The van der Waals surface area contributed by atoms with Gasteiger partial charge in [-0.3, -0.25) is 0 Å². The lowest BCUT2D eigenvalue weighted by molar-refractivity contribution is 0.152. The zero-order valence-corrected chi connectivity index (χ0v) is 10.6. The van der Waals surface area contributed by atoms with Gasteiger partial charge in [0.1, 0.15) is 0 Å². The van der Waals surface area contributed by atoms with Crippen LogP contribution in [0.5, 0.6) is 0 Å². The number of nitrogens with one attached hydrogen (secondary N) is 1. The summed E-state index contributed by atoms with van der Waals surface area (Å²) in [5.74, 6) is 0.438. The molecule has 0 aromatic carbocycles. The molecule has 0 saturated heterocycles. The van der Waals surface area contributed by atoms with E-state index in [4.69, 9.17) is 0 Å². The smallest absolute Gasteiger partial charge is 0.0897 e. The van der Waals surface area contributed by atoms with Gasteiger partial charge in [0.25, 0.3) is 0 Å². The van der Waals surface area contributed by atoms with Gasteiger partial charge in [0, 0.05) is 24.6 Å². The van der Waals surface area contributed by atoms with E-state index in [-0.39, 0.29) is 0 Å². The van der Waals surface area contributed by atoms with Crippen LogP contribution in [0, 0.1) is 12.8 Å². The van der Waals surface area contributed by atoms with Crippen molar-refractivity contribution < 1.29 is 5.11 Å². The molecule has 2 rings (SSSR count). The lowest BCUT2D eigenvalue weighted by Crippen LogP contribution is -2.39. The van der Waals surface area contributed by atoms with Crippen LogP contribution in [0.15, 0.2) is 5.38 Å². The van der Waals surface area contributed by atoms with E-state index >= 15 is 0 Å². The second-order valence-corrected chi connectivity index (χ2v) is 5.63. The number of aromatic nitrogens is 1. The molecule has 16 heavy (non-hydrogen) atoms. The van der Waals surface area contributed by atoms with Crippen molar-refractivity contribution in [2.24, 2.45) is 5.92 Å². The Balaban J connectivity index is 1.84. The highest BCUT2D eigenvalue weighted by Gasteiger charge is 2.23. The first-order chi connectivity index (χ1) is 7.79. The molecular formula is C12H20N2OS. The van der Waals surface area contributed by atoms with Gasteiger partial charge in [0.05, 0.1) is 10.7 Å². The molecule has 3 nitrogen and oxygen atoms in total. The van der Waals surface area contributed by atoms with Crippen LogP contribution in [0.25, 0.3) is 0 Å². The molecule has 0 aliphatic heterocycles. The number of nitrogens with zero attached hydrogens (tertiary/aromatic N) is 1. The molecule has 90 valence electrons. The molecule has 0 radical (unpaired) electrons. The van der Waals surface area contributed by atoms with Crippen LogP contribution >= 0.6 is 11.3 Å². The highest BCUT2D eigenvalue weighted by molar-refractivity contribution is 7.09. The van der Waals surface area contributed by atoms with Gasteiger partial charge in [-0.1, -0.05) is 12.8 Å². The predicted octanol–water partition coefficient (Wildman–Crippen LogP) is 2.09. The first-order valence-electron chi connectivity index (χ1n) is 6.05. The van der Waals surface area contributed by atoms with E-state index < -0.39 is 0 Å². The summed E-state index contributed by atoms with van der Waals surface area (Å²) in [6.07, 6.45) is 4.89.